The maximum absolute atomic E-state index is 13.7. The maximum Gasteiger partial charge on any atom is 0.445 e. The van der Waals surface area contributed by atoms with Crippen molar-refractivity contribution >= 4 is 22.2 Å². The van der Waals surface area contributed by atoms with Gasteiger partial charge in [-0.25, -0.2) is 8.78 Å². The molecule has 0 N–H and O–H groups in total. The van der Waals surface area contributed by atoms with Gasteiger partial charge in [0.15, 0.2) is 0 Å². The first kappa shape index (κ1) is 15.9. The zero-order chi connectivity index (χ0) is 16.6. The summed E-state index contributed by atoms with van der Waals surface area (Å²) in [4.78, 5) is 3.31. The van der Waals surface area contributed by atoms with Crippen LogP contribution < -0.4 is 9.80 Å². The van der Waals surface area contributed by atoms with Crippen LogP contribution in [0.1, 0.15) is 5.01 Å². The first-order chi connectivity index (χ1) is 10.8. The molecule has 2 aromatic rings. The number of halogens is 5. The quantitative estimate of drug-likeness (QED) is 0.779. The van der Waals surface area contributed by atoms with Crippen molar-refractivity contribution in [3.05, 3.63) is 34.8 Å². The number of hydrogen-bond donors (Lipinski definition) is 0. The largest absolute Gasteiger partial charge is 0.445 e. The van der Waals surface area contributed by atoms with Gasteiger partial charge < -0.3 is 9.80 Å². The number of rotatable bonds is 2. The van der Waals surface area contributed by atoms with E-state index in [0.717, 1.165) is 18.2 Å². The molecule has 4 nitrogen and oxygen atoms in total. The molecule has 23 heavy (non-hydrogen) atoms. The molecule has 0 atom stereocenters. The van der Waals surface area contributed by atoms with Crippen molar-refractivity contribution in [1.29, 1.82) is 0 Å². The minimum Gasteiger partial charge on any atom is -0.366 e. The van der Waals surface area contributed by atoms with Gasteiger partial charge in [-0.1, -0.05) is 11.3 Å². The van der Waals surface area contributed by atoms with Gasteiger partial charge in [-0.2, -0.15) is 13.2 Å². The molecule has 10 heteroatoms. The van der Waals surface area contributed by atoms with Crippen molar-refractivity contribution in [3.63, 3.8) is 0 Å². The Hall–Kier alpha value is -1.97. The van der Waals surface area contributed by atoms with E-state index in [0.29, 0.717) is 37.5 Å². The van der Waals surface area contributed by atoms with Crippen LogP contribution in [-0.2, 0) is 6.18 Å². The van der Waals surface area contributed by atoms with Gasteiger partial charge in [0.2, 0.25) is 10.1 Å². The lowest BCUT2D eigenvalue weighted by atomic mass is 10.2. The van der Waals surface area contributed by atoms with Gasteiger partial charge in [0.25, 0.3) is 0 Å². The van der Waals surface area contributed by atoms with Crippen molar-refractivity contribution in [3.8, 4) is 0 Å². The van der Waals surface area contributed by atoms with Crippen molar-refractivity contribution in [2.75, 3.05) is 36.0 Å². The highest BCUT2D eigenvalue weighted by Gasteiger charge is 2.36. The Morgan fingerprint density at radius 2 is 1.61 bits per heavy atom. The summed E-state index contributed by atoms with van der Waals surface area (Å²) in [5.74, 6) is -1.07. The van der Waals surface area contributed by atoms with E-state index >= 15 is 0 Å². The fourth-order valence-electron chi connectivity index (χ4n) is 2.32. The van der Waals surface area contributed by atoms with Crippen LogP contribution in [0.2, 0.25) is 0 Å². The number of alkyl halides is 3. The summed E-state index contributed by atoms with van der Waals surface area (Å²) in [5.41, 5.74) is 0.151. The zero-order valence-corrected chi connectivity index (χ0v) is 12.5. The highest BCUT2D eigenvalue weighted by Crippen LogP contribution is 2.34. The van der Waals surface area contributed by atoms with Crippen molar-refractivity contribution in [1.82, 2.24) is 10.2 Å². The molecule has 1 saturated heterocycles. The third kappa shape index (κ3) is 3.36. The smallest absolute Gasteiger partial charge is 0.366 e. The van der Waals surface area contributed by atoms with E-state index in [1.165, 1.54) is 0 Å². The van der Waals surface area contributed by atoms with Crippen LogP contribution in [0, 0.1) is 11.6 Å². The molecular formula is C13H11F5N4S. The summed E-state index contributed by atoms with van der Waals surface area (Å²) in [6, 6.07) is 3.20. The standard InChI is InChI=1S/C13H11F5N4S/c14-8-1-2-9(15)10(7-8)21-3-5-22(6-4-21)12-20-19-11(23-12)13(16,17)18/h1-2,7H,3-6H2. The predicted molar refractivity (Wildman–Crippen MR) is 75.7 cm³/mol. The lowest BCUT2D eigenvalue weighted by Crippen LogP contribution is -2.46. The molecule has 0 bridgehead atoms. The number of aromatic nitrogens is 2. The molecule has 3 rings (SSSR count). The maximum atomic E-state index is 13.7. The average molecular weight is 350 g/mol. The van der Waals surface area contributed by atoms with Crippen LogP contribution in [-0.4, -0.2) is 36.4 Å². The van der Waals surface area contributed by atoms with E-state index in [2.05, 4.69) is 10.2 Å². The van der Waals surface area contributed by atoms with E-state index in [1.807, 2.05) is 0 Å². The number of piperazine rings is 1. The molecule has 0 radical (unpaired) electrons. The van der Waals surface area contributed by atoms with Gasteiger partial charge in [-0.05, 0) is 12.1 Å². The Labute approximate surface area is 132 Å². The number of hydrogen-bond acceptors (Lipinski definition) is 5. The summed E-state index contributed by atoms with van der Waals surface area (Å²) in [6.07, 6.45) is -4.51. The number of benzene rings is 1. The monoisotopic (exact) mass is 350 g/mol. The Bertz CT molecular complexity index is 694. The molecule has 0 saturated carbocycles. The summed E-state index contributed by atoms with van der Waals surface area (Å²) >= 11 is 0.475. The van der Waals surface area contributed by atoms with Crippen LogP contribution in [0.5, 0.6) is 0 Å². The highest BCUT2D eigenvalue weighted by molar-refractivity contribution is 7.15. The van der Waals surface area contributed by atoms with Crippen molar-refractivity contribution in [2.45, 2.75) is 6.18 Å². The molecule has 1 aliphatic heterocycles. The summed E-state index contributed by atoms with van der Waals surface area (Å²) < 4.78 is 64.6. The first-order valence-electron chi connectivity index (χ1n) is 6.70. The third-order valence-electron chi connectivity index (χ3n) is 3.46. The Morgan fingerprint density at radius 1 is 0.957 bits per heavy atom. The second-order valence-electron chi connectivity index (χ2n) is 4.96. The zero-order valence-electron chi connectivity index (χ0n) is 11.6. The van der Waals surface area contributed by atoms with E-state index in [4.69, 9.17) is 0 Å². The van der Waals surface area contributed by atoms with E-state index in [-0.39, 0.29) is 10.8 Å². The van der Waals surface area contributed by atoms with E-state index in [1.54, 1.807) is 9.80 Å². The second-order valence-corrected chi connectivity index (χ2v) is 5.91. The van der Waals surface area contributed by atoms with Crippen LogP contribution >= 0.6 is 11.3 Å². The lowest BCUT2D eigenvalue weighted by Gasteiger charge is -2.35. The summed E-state index contributed by atoms with van der Waals surface area (Å²) in [6.45, 7) is 1.40. The predicted octanol–water partition coefficient (Wildman–Crippen LogP) is 3.16. The molecule has 0 spiro atoms. The minimum atomic E-state index is -4.51. The molecule has 1 aromatic heterocycles. The molecule has 2 heterocycles. The number of nitrogens with zero attached hydrogens (tertiary/aromatic N) is 4. The highest BCUT2D eigenvalue weighted by atomic mass is 32.1. The van der Waals surface area contributed by atoms with Crippen molar-refractivity contribution in [2.24, 2.45) is 0 Å². The van der Waals surface area contributed by atoms with E-state index < -0.39 is 22.8 Å². The molecule has 0 aliphatic carbocycles. The van der Waals surface area contributed by atoms with Crippen LogP contribution in [0.3, 0.4) is 0 Å². The van der Waals surface area contributed by atoms with Gasteiger partial charge in [-0.3, -0.25) is 0 Å². The minimum absolute atomic E-state index is 0.151. The molecule has 1 aromatic carbocycles. The van der Waals surface area contributed by atoms with Gasteiger partial charge >= 0.3 is 6.18 Å². The third-order valence-corrected chi connectivity index (χ3v) is 4.48. The Balaban J connectivity index is 1.69. The van der Waals surface area contributed by atoms with Gasteiger partial charge in [-0.15, -0.1) is 10.2 Å². The lowest BCUT2D eigenvalue weighted by molar-refractivity contribution is -0.138. The number of anilines is 2. The summed E-state index contributed by atoms with van der Waals surface area (Å²) in [5, 5.41) is 5.88. The van der Waals surface area contributed by atoms with Gasteiger partial charge in [0.1, 0.15) is 11.6 Å². The van der Waals surface area contributed by atoms with Gasteiger partial charge in [0.05, 0.1) is 5.69 Å². The second kappa shape index (κ2) is 5.91. The SMILES string of the molecule is Fc1ccc(F)c(N2CCN(c3nnc(C(F)(F)F)s3)CC2)c1. The van der Waals surface area contributed by atoms with Crippen molar-refractivity contribution < 1.29 is 22.0 Å². The fraction of sp³-hybridized carbons (Fsp3) is 0.385. The first-order valence-corrected chi connectivity index (χ1v) is 7.52. The van der Waals surface area contributed by atoms with Crippen LogP contribution in [0.15, 0.2) is 18.2 Å². The fourth-order valence-corrected chi connectivity index (χ4v) is 3.09. The summed E-state index contributed by atoms with van der Waals surface area (Å²) in [7, 11) is 0. The molecule has 0 amide bonds. The molecule has 1 fully saturated rings. The molecule has 124 valence electrons. The molecular weight excluding hydrogens is 339 g/mol. The van der Waals surface area contributed by atoms with Crippen LogP contribution in [0.25, 0.3) is 0 Å². The Kier molecular flexibility index (Phi) is 4.09. The van der Waals surface area contributed by atoms with E-state index in [9.17, 15) is 22.0 Å². The molecule has 1 aliphatic rings. The normalized spacial score (nSPS) is 16.0. The van der Waals surface area contributed by atoms with Crippen LogP contribution in [0.4, 0.5) is 32.8 Å². The Morgan fingerprint density at radius 3 is 2.22 bits per heavy atom. The molecule has 0 unspecified atom stereocenters. The average Bonchev–Trinajstić information content (AvgIpc) is 3.00. The van der Waals surface area contributed by atoms with Gasteiger partial charge in [0, 0.05) is 32.2 Å². The topological polar surface area (TPSA) is 32.3 Å².